The van der Waals surface area contributed by atoms with E-state index >= 15 is 0 Å². The van der Waals surface area contributed by atoms with Gasteiger partial charge < -0.3 is 9.73 Å². The average molecular weight is 425 g/mol. The van der Waals surface area contributed by atoms with E-state index in [1.807, 2.05) is 45.0 Å². The summed E-state index contributed by atoms with van der Waals surface area (Å²) in [4.78, 5) is 17.3. The molecule has 146 valence electrons. The molecule has 1 aromatic heterocycles. The molecule has 1 N–H and O–H groups in total. The highest BCUT2D eigenvalue weighted by molar-refractivity contribution is 6.36. The van der Waals surface area contributed by atoms with Crippen LogP contribution in [0.15, 0.2) is 52.9 Å². The smallest absolute Gasteiger partial charge is 0.257 e. The van der Waals surface area contributed by atoms with Crippen molar-refractivity contribution in [2.75, 3.05) is 5.32 Å². The minimum absolute atomic E-state index is 0.317. The molecule has 0 bridgehead atoms. The summed E-state index contributed by atoms with van der Waals surface area (Å²) >= 11 is 12.2. The average Bonchev–Trinajstić information content (AvgIpc) is 3.09. The van der Waals surface area contributed by atoms with E-state index in [2.05, 4.69) is 16.4 Å². The fourth-order valence-electron chi connectivity index (χ4n) is 3.25. The SMILES string of the molecule is Cc1cc(C)c2oc(-c3ccc(C)c(NC(=O)c4cc(Cl)ccc4Cl)c3)nc2c1. The van der Waals surface area contributed by atoms with Gasteiger partial charge in [-0.15, -0.1) is 0 Å². The standard InChI is InChI=1S/C23H18Cl2N2O2/c1-12-8-14(3)21-20(9-12)27-23(29-21)15-5-4-13(2)19(10-15)26-22(28)17-11-16(24)6-7-18(17)25/h4-11H,1-3H3,(H,26,28). The van der Waals surface area contributed by atoms with Gasteiger partial charge in [0.15, 0.2) is 5.58 Å². The number of aromatic nitrogens is 1. The lowest BCUT2D eigenvalue weighted by Crippen LogP contribution is -2.13. The molecule has 0 aliphatic heterocycles. The number of rotatable bonds is 3. The van der Waals surface area contributed by atoms with Gasteiger partial charge in [-0.05, 0) is 73.9 Å². The third-order valence-corrected chi connectivity index (χ3v) is 5.29. The Bertz CT molecular complexity index is 1260. The molecule has 0 aliphatic carbocycles. The van der Waals surface area contributed by atoms with E-state index in [1.54, 1.807) is 18.2 Å². The van der Waals surface area contributed by atoms with E-state index in [4.69, 9.17) is 27.6 Å². The second-order valence-corrected chi connectivity index (χ2v) is 7.90. The fraction of sp³-hybridized carbons (Fsp3) is 0.130. The van der Waals surface area contributed by atoms with Gasteiger partial charge in [0.25, 0.3) is 5.91 Å². The van der Waals surface area contributed by atoms with Crippen LogP contribution in [0.3, 0.4) is 0 Å². The zero-order valence-corrected chi connectivity index (χ0v) is 17.7. The second kappa shape index (κ2) is 7.54. The summed E-state index contributed by atoms with van der Waals surface area (Å²) < 4.78 is 6.00. The lowest BCUT2D eigenvalue weighted by molar-refractivity contribution is 0.102. The number of anilines is 1. The first-order valence-electron chi connectivity index (χ1n) is 9.07. The van der Waals surface area contributed by atoms with Crippen molar-refractivity contribution in [3.63, 3.8) is 0 Å². The van der Waals surface area contributed by atoms with Crippen LogP contribution in [-0.2, 0) is 0 Å². The number of amides is 1. The molecule has 29 heavy (non-hydrogen) atoms. The van der Waals surface area contributed by atoms with Crippen LogP contribution in [0.1, 0.15) is 27.0 Å². The predicted molar refractivity (Wildman–Crippen MR) is 118 cm³/mol. The Kier molecular flexibility index (Phi) is 5.07. The summed E-state index contributed by atoms with van der Waals surface area (Å²) in [5.41, 5.74) is 6.40. The van der Waals surface area contributed by atoms with Gasteiger partial charge in [-0.1, -0.05) is 35.3 Å². The number of carbonyl (C=O) groups is 1. The van der Waals surface area contributed by atoms with Crippen LogP contribution in [0.2, 0.25) is 10.0 Å². The zero-order chi connectivity index (χ0) is 20.7. The van der Waals surface area contributed by atoms with Crippen molar-refractivity contribution < 1.29 is 9.21 Å². The number of benzene rings is 3. The molecule has 1 heterocycles. The van der Waals surface area contributed by atoms with Crippen molar-refractivity contribution >= 4 is 45.9 Å². The molecular formula is C23H18Cl2N2O2. The first kappa shape index (κ1) is 19.5. The Balaban J connectivity index is 1.70. The zero-order valence-electron chi connectivity index (χ0n) is 16.1. The molecule has 4 aromatic rings. The van der Waals surface area contributed by atoms with Crippen LogP contribution in [0, 0.1) is 20.8 Å². The Morgan fingerprint density at radius 1 is 0.966 bits per heavy atom. The Hall–Kier alpha value is -2.82. The topological polar surface area (TPSA) is 55.1 Å². The van der Waals surface area contributed by atoms with Gasteiger partial charge in [-0.2, -0.15) is 0 Å². The van der Waals surface area contributed by atoms with E-state index in [9.17, 15) is 4.79 Å². The van der Waals surface area contributed by atoms with E-state index in [1.165, 1.54) is 0 Å². The Morgan fingerprint density at radius 3 is 2.55 bits per heavy atom. The molecule has 0 saturated carbocycles. The highest BCUT2D eigenvalue weighted by Gasteiger charge is 2.15. The quantitative estimate of drug-likeness (QED) is 0.385. The highest BCUT2D eigenvalue weighted by Crippen LogP contribution is 2.30. The first-order valence-corrected chi connectivity index (χ1v) is 9.82. The van der Waals surface area contributed by atoms with Crippen LogP contribution < -0.4 is 5.32 Å². The minimum Gasteiger partial charge on any atom is -0.436 e. The van der Waals surface area contributed by atoms with E-state index in [0.29, 0.717) is 27.2 Å². The van der Waals surface area contributed by atoms with E-state index in [0.717, 1.165) is 33.4 Å². The molecule has 0 aliphatic rings. The van der Waals surface area contributed by atoms with Gasteiger partial charge in [-0.25, -0.2) is 4.98 Å². The minimum atomic E-state index is -0.332. The van der Waals surface area contributed by atoms with E-state index < -0.39 is 0 Å². The van der Waals surface area contributed by atoms with Crippen molar-refractivity contribution in [2.24, 2.45) is 0 Å². The van der Waals surface area contributed by atoms with Crippen LogP contribution in [0.25, 0.3) is 22.6 Å². The number of aryl methyl sites for hydroxylation is 3. The van der Waals surface area contributed by atoms with Crippen LogP contribution in [-0.4, -0.2) is 10.9 Å². The van der Waals surface area contributed by atoms with Gasteiger partial charge in [0, 0.05) is 16.3 Å². The predicted octanol–water partition coefficient (Wildman–Crippen LogP) is 6.98. The van der Waals surface area contributed by atoms with Crippen LogP contribution in [0.4, 0.5) is 5.69 Å². The first-order chi connectivity index (χ1) is 13.8. The number of hydrogen-bond acceptors (Lipinski definition) is 3. The van der Waals surface area contributed by atoms with Crippen molar-refractivity contribution in [2.45, 2.75) is 20.8 Å². The summed E-state index contributed by atoms with van der Waals surface area (Å²) in [5.74, 6) is 0.173. The van der Waals surface area contributed by atoms with Gasteiger partial charge >= 0.3 is 0 Å². The lowest BCUT2D eigenvalue weighted by atomic mass is 10.1. The third kappa shape index (κ3) is 3.86. The normalized spacial score (nSPS) is 11.1. The summed E-state index contributed by atoms with van der Waals surface area (Å²) in [6, 6.07) is 14.5. The maximum absolute atomic E-state index is 12.7. The Labute approximate surface area is 178 Å². The number of halogens is 2. The van der Waals surface area contributed by atoms with Gasteiger partial charge in [0.05, 0.1) is 10.6 Å². The lowest BCUT2D eigenvalue weighted by Gasteiger charge is -2.11. The molecule has 0 atom stereocenters. The molecule has 0 unspecified atom stereocenters. The Morgan fingerprint density at radius 2 is 1.76 bits per heavy atom. The number of nitrogens with one attached hydrogen (secondary N) is 1. The summed E-state index contributed by atoms with van der Waals surface area (Å²) in [6.07, 6.45) is 0. The van der Waals surface area contributed by atoms with Crippen molar-refractivity contribution in [3.8, 4) is 11.5 Å². The summed E-state index contributed by atoms with van der Waals surface area (Å²) in [7, 11) is 0. The highest BCUT2D eigenvalue weighted by atomic mass is 35.5. The van der Waals surface area contributed by atoms with Gasteiger partial charge in [0.1, 0.15) is 5.52 Å². The molecule has 3 aromatic carbocycles. The molecule has 1 amide bonds. The fourth-order valence-corrected chi connectivity index (χ4v) is 3.63. The molecule has 4 nitrogen and oxygen atoms in total. The largest absolute Gasteiger partial charge is 0.436 e. The molecule has 4 rings (SSSR count). The van der Waals surface area contributed by atoms with Gasteiger partial charge in [-0.3, -0.25) is 4.79 Å². The molecule has 0 saturated heterocycles. The number of hydrogen-bond donors (Lipinski definition) is 1. The van der Waals surface area contributed by atoms with E-state index in [-0.39, 0.29) is 5.91 Å². The number of oxazole rings is 1. The maximum atomic E-state index is 12.7. The van der Waals surface area contributed by atoms with Crippen LogP contribution in [0.5, 0.6) is 0 Å². The molecular weight excluding hydrogens is 407 g/mol. The molecule has 6 heteroatoms. The van der Waals surface area contributed by atoms with Gasteiger partial charge in [0.2, 0.25) is 5.89 Å². The van der Waals surface area contributed by atoms with Crippen molar-refractivity contribution in [3.05, 3.63) is 80.8 Å². The monoisotopic (exact) mass is 424 g/mol. The third-order valence-electron chi connectivity index (χ3n) is 4.73. The molecule has 0 radical (unpaired) electrons. The number of carbonyl (C=O) groups excluding carboxylic acids is 1. The molecule has 0 fully saturated rings. The van der Waals surface area contributed by atoms with Crippen LogP contribution >= 0.6 is 23.2 Å². The number of fused-ring (bicyclic) bond motifs is 1. The molecule has 0 spiro atoms. The second-order valence-electron chi connectivity index (χ2n) is 7.06. The summed E-state index contributed by atoms with van der Waals surface area (Å²) in [5, 5.41) is 3.69. The van der Waals surface area contributed by atoms with Crippen molar-refractivity contribution in [1.29, 1.82) is 0 Å². The summed E-state index contributed by atoms with van der Waals surface area (Å²) in [6.45, 7) is 5.94. The number of nitrogens with zero attached hydrogens (tertiary/aromatic N) is 1. The maximum Gasteiger partial charge on any atom is 0.257 e. The van der Waals surface area contributed by atoms with Crippen molar-refractivity contribution in [1.82, 2.24) is 4.98 Å².